The molecule has 4 aromatic heterocycles. The van der Waals surface area contributed by atoms with Gasteiger partial charge in [-0.2, -0.15) is 0 Å². The Morgan fingerprint density at radius 2 is 1.88 bits per heavy atom. The number of carbonyl (C=O) groups excluding carboxylic acids is 1. The molecule has 1 N–H and O–H groups in total. The molecule has 0 saturated carbocycles. The summed E-state index contributed by atoms with van der Waals surface area (Å²) in [6.45, 7) is 4.43. The van der Waals surface area contributed by atoms with Gasteiger partial charge < -0.3 is 10.0 Å². The summed E-state index contributed by atoms with van der Waals surface area (Å²) in [5.41, 5.74) is 4.80. The van der Waals surface area contributed by atoms with E-state index in [1.54, 1.807) is 35.1 Å². The smallest absolute Gasteiger partial charge is 0.329 e. The van der Waals surface area contributed by atoms with E-state index in [0.29, 0.717) is 31.4 Å². The topological polar surface area (TPSA) is 106 Å². The number of fused-ring (bicyclic) bond motifs is 3. The maximum absolute atomic E-state index is 13.3. The number of nitrogens with zero attached hydrogens (tertiary/aromatic N) is 6. The molecular weight excluding hydrogens is 420 g/mol. The molecule has 1 fully saturated rings. The lowest BCUT2D eigenvalue weighted by atomic mass is 10.0. The summed E-state index contributed by atoms with van der Waals surface area (Å²) in [6.07, 6.45) is 5.51. The third kappa shape index (κ3) is 3.58. The molecule has 0 aliphatic carbocycles. The van der Waals surface area contributed by atoms with Crippen LogP contribution in [-0.2, 0) is 11.8 Å². The molecule has 0 unspecified atom stereocenters. The summed E-state index contributed by atoms with van der Waals surface area (Å²) >= 11 is 0. The fraction of sp³-hybridized carbons (Fsp3) is 0.375. The van der Waals surface area contributed by atoms with E-state index in [4.69, 9.17) is 0 Å². The van der Waals surface area contributed by atoms with Gasteiger partial charge in [0, 0.05) is 49.0 Å². The van der Waals surface area contributed by atoms with Crippen LogP contribution < -0.4 is 5.69 Å². The highest BCUT2D eigenvalue weighted by atomic mass is 16.3. The van der Waals surface area contributed by atoms with Gasteiger partial charge in [-0.1, -0.05) is 0 Å². The van der Waals surface area contributed by atoms with Gasteiger partial charge in [0.1, 0.15) is 6.10 Å². The van der Waals surface area contributed by atoms with E-state index in [2.05, 4.69) is 15.0 Å². The zero-order valence-electron chi connectivity index (χ0n) is 18.9. The van der Waals surface area contributed by atoms with E-state index >= 15 is 0 Å². The molecule has 1 saturated heterocycles. The molecule has 5 rings (SSSR count). The van der Waals surface area contributed by atoms with Crippen molar-refractivity contribution in [1.82, 2.24) is 29.0 Å². The molecule has 1 aliphatic rings. The molecule has 0 aromatic carbocycles. The van der Waals surface area contributed by atoms with E-state index in [1.165, 1.54) is 6.92 Å². The Kier molecular flexibility index (Phi) is 5.20. The fourth-order valence-electron chi connectivity index (χ4n) is 4.65. The number of rotatable bonds is 3. The lowest BCUT2D eigenvalue weighted by Crippen LogP contribution is -2.44. The maximum Gasteiger partial charge on any atom is 0.329 e. The quantitative estimate of drug-likeness (QED) is 0.517. The van der Waals surface area contributed by atoms with Crippen molar-refractivity contribution in [2.75, 3.05) is 13.1 Å². The van der Waals surface area contributed by atoms with Crippen LogP contribution >= 0.6 is 0 Å². The highest BCUT2D eigenvalue weighted by molar-refractivity contribution is 6.03. The first-order chi connectivity index (χ1) is 15.8. The predicted molar refractivity (Wildman–Crippen MR) is 125 cm³/mol. The van der Waals surface area contributed by atoms with Crippen LogP contribution in [0.2, 0.25) is 0 Å². The van der Waals surface area contributed by atoms with Crippen molar-refractivity contribution >= 4 is 27.8 Å². The minimum Gasteiger partial charge on any atom is -0.384 e. The van der Waals surface area contributed by atoms with Crippen molar-refractivity contribution in [3.8, 4) is 11.3 Å². The van der Waals surface area contributed by atoms with Crippen molar-refractivity contribution in [2.24, 2.45) is 7.05 Å². The van der Waals surface area contributed by atoms with Crippen LogP contribution in [0.1, 0.15) is 31.5 Å². The summed E-state index contributed by atoms with van der Waals surface area (Å²) in [7, 11) is 1.76. The number of hydrogen-bond acceptors (Lipinski definition) is 6. The second-order valence-corrected chi connectivity index (χ2v) is 8.71. The summed E-state index contributed by atoms with van der Waals surface area (Å²) in [4.78, 5) is 40.6. The number of piperidine rings is 1. The number of aliphatic hydroxyl groups is 1. The molecule has 1 aliphatic heterocycles. The zero-order chi connectivity index (χ0) is 23.3. The van der Waals surface area contributed by atoms with Crippen LogP contribution in [0.25, 0.3) is 33.2 Å². The fourth-order valence-corrected chi connectivity index (χ4v) is 4.65. The molecule has 0 spiro atoms. The number of amides is 1. The summed E-state index contributed by atoms with van der Waals surface area (Å²) in [5, 5.41) is 10.5. The first-order valence-electron chi connectivity index (χ1n) is 11.1. The van der Waals surface area contributed by atoms with E-state index in [0.717, 1.165) is 33.4 Å². The van der Waals surface area contributed by atoms with Gasteiger partial charge in [-0.05, 0) is 44.9 Å². The van der Waals surface area contributed by atoms with Gasteiger partial charge in [0.2, 0.25) is 0 Å². The second kappa shape index (κ2) is 8.08. The number of aryl methyl sites for hydroxylation is 2. The number of hydrogen-bond donors (Lipinski definition) is 1. The molecule has 1 atom stereocenters. The molecule has 5 heterocycles. The van der Waals surface area contributed by atoms with Gasteiger partial charge in [-0.3, -0.25) is 28.9 Å². The number of likely N-dealkylation sites (tertiary alicyclic amines) is 1. The van der Waals surface area contributed by atoms with Gasteiger partial charge in [0.15, 0.2) is 0 Å². The average Bonchev–Trinajstić information content (AvgIpc) is 3.09. The van der Waals surface area contributed by atoms with Crippen molar-refractivity contribution < 1.29 is 9.90 Å². The van der Waals surface area contributed by atoms with Crippen LogP contribution in [0.4, 0.5) is 0 Å². The lowest BCUT2D eigenvalue weighted by Gasteiger charge is -2.33. The van der Waals surface area contributed by atoms with E-state index < -0.39 is 6.10 Å². The highest BCUT2D eigenvalue weighted by Gasteiger charge is 2.29. The van der Waals surface area contributed by atoms with Crippen LogP contribution in [0, 0.1) is 6.92 Å². The van der Waals surface area contributed by atoms with Crippen molar-refractivity contribution in [3.63, 3.8) is 0 Å². The minimum atomic E-state index is -1.01. The number of aromatic nitrogens is 5. The van der Waals surface area contributed by atoms with E-state index in [1.807, 2.05) is 29.7 Å². The monoisotopic (exact) mass is 446 g/mol. The molecule has 1 amide bonds. The molecule has 9 heteroatoms. The van der Waals surface area contributed by atoms with Crippen molar-refractivity contribution in [3.05, 3.63) is 53.0 Å². The van der Waals surface area contributed by atoms with Crippen LogP contribution in [0.5, 0.6) is 0 Å². The number of aliphatic hydroxyl groups excluding tert-OH is 1. The number of imidazole rings is 1. The molecule has 33 heavy (non-hydrogen) atoms. The normalized spacial score (nSPS) is 15.9. The third-order valence-electron chi connectivity index (χ3n) is 6.51. The largest absolute Gasteiger partial charge is 0.384 e. The predicted octanol–water partition coefficient (Wildman–Crippen LogP) is 2.20. The highest BCUT2D eigenvalue weighted by Crippen LogP contribution is 2.31. The Morgan fingerprint density at radius 1 is 1.12 bits per heavy atom. The lowest BCUT2D eigenvalue weighted by molar-refractivity contribution is -0.140. The summed E-state index contributed by atoms with van der Waals surface area (Å²) < 4.78 is 3.48. The van der Waals surface area contributed by atoms with Crippen LogP contribution in [0.15, 0.2) is 41.6 Å². The zero-order valence-corrected chi connectivity index (χ0v) is 18.9. The summed E-state index contributed by atoms with van der Waals surface area (Å²) in [5.74, 6) is -0.268. The third-order valence-corrected chi connectivity index (χ3v) is 6.51. The Morgan fingerprint density at radius 3 is 2.55 bits per heavy atom. The van der Waals surface area contributed by atoms with E-state index in [9.17, 15) is 14.7 Å². The first kappa shape index (κ1) is 21.3. The number of carbonyl (C=O) groups is 1. The van der Waals surface area contributed by atoms with Gasteiger partial charge in [0.25, 0.3) is 5.91 Å². The molecule has 0 bridgehead atoms. The Hall–Kier alpha value is -3.59. The van der Waals surface area contributed by atoms with Crippen molar-refractivity contribution in [1.29, 1.82) is 0 Å². The Labute approximate surface area is 190 Å². The van der Waals surface area contributed by atoms with Crippen LogP contribution in [-0.4, -0.2) is 59.2 Å². The molecule has 0 radical (unpaired) electrons. The summed E-state index contributed by atoms with van der Waals surface area (Å²) in [6, 6.07) is 5.85. The Bertz CT molecular complexity index is 1410. The van der Waals surface area contributed by atoms with Gasteiger partial charge in [-0.25, -0.2) is 4.79 Å². The molecule has 9 nitrogen and oxygen atoms in total. The first-order valence-corrected chi connectivity index (χ1v) is 11.1. The minimum absolute atomic E-state index is 0.0532. The van der Waals surface area contributed by atoms with Crippen molar-refractivity contribution in [2.45, 2.75) is 38.8 Å². The molecular formula is C24H26N6O3. The SMILES string of the molecule is Cc1ccc(-c2cc3c(cn2)ncc2c3n(C3CCN(C(=O)[C@@H](C)O)CC3)c(=O)n2C)cn1. The second-order valence-electron chi connectivity index (χ2n) is 8.71. The van der Waals surface area contributed by atoms with E-state index in [-0.39, 0.29) is 17.6 Å². The maximum atomic E-state index is 13.3. The van der Waals surface area contributed by atoms with Gasteiger partial charge in [0.05, 0.1) is 34.6 Å². The van der Waals surface area contributed by atoms with Crippen LogP contribution in [0.3, 0.4) is 0 Å². The molecule has 170 valence electrons. The van der Waals surface area contributed by atoms with Gasteiger partial charge >= 0.3 is 5.69 Å². The Balaban J connectivity index is 1.62. The van der Waals surface area contributed by atoms with Gasteiger partial charge in [-0.15, -0.1) is 0 Å². The average molecular weight is 447 g/mol. The molecule has 4 aromatic rings. The standard InChI is InChI=1S/C24H26N6O3/c1-14-4-5-16(11-25-14)19-10-18-20(12-26-19)27-13-21-22(18)30(24(33)28(21)3)17-6-8-29(9-7-17)23(32)15(2)31/h4-5,10-13,15,17,31H,6-9H2,1-3H3/t15-/m1/s1. The number of pyridine rings is 3.